The maximum atomic E-state index is 13.4. The third-order valence-corrected chi connectivity index (χ3v) is 2.21. The topological polar surface area (TPSA) is 0 Å². The summed E-state index contributed by atoms with van der Waals surface area (Å²) < 4.78 is 26.4. The average molecular weight is 203 g/mol. The lowest BCUT2D eigenvalue weighted by Gasteiger charge is -2.04. The molecule has 1 radical (unpaired) electrons. The minimum Gasteiger partial charge on any atom is -0.204 e. The van der Waals surface area contributed by atoms with Gasteiger partial charge in [-0.1, -0.05) is 30.3 Å². The van der Waals surface area contributed by atoms with Crippen LogP contribution in [-0.4, -0.2) is 0 Å². The van der Waals surface area contributed by atoms with Crippen molar-refractivity contribution in [3.63, 3.8) is 0 Å². The molecule has 0 saturated heterocycles. The molecule has 0 N–H and O–H groups in total. The summed E-state index contributed by atoms with van der Waals surface area (Å²) in [5, 5.41) is 0. The first-order valence-electron chi connectivity index (χ1n) is 4.61. The molecule has 0 fully saturated rings. The first-order valence-corrected chi connectivity index (χ1v) is 4.61. The molecule has 0 amide bonds. The molecule has 2 aromatic carbocycles. The highest BCUT2D eigenvalue weighted by molar-refractivity contribution is 5.64. The summed E-state index contributed by atoms with van der Waals surface area (Å²) in [6, 6.07) is 12.3. The van der Waals surface area contributed by atoms with Gasteiger partial charge in [-0.2, -0.15) is 0 Å². The second-order valence-corrected chi connectivity index (χ2v) is 3.36. The molecule has 2 heteroatoms. The van der Waals surface area contributed by atoms with Gasteiger partial charge in [-0.25, -0.2) is 8.78 Å². The van der Waals surface area contributed by atoms with E-state index in [0.29, 0.717) is 5.56 Å². The Labute approximate surface area is 87.2 Å². The highest BCUT2D eigenvalue weighted by Crippen LogP contribution is 2.24. The Morgan fingerprint density at radius 2 is 1.93 bits per heavy atom. The molecule has 0 nitrogen and oxygen atoms in total. The van der Waals surface area contributed by atoms with Gasteiger partial charge >= 0.3 is 0 Å². The van der Waals surface area contributed by atoms with Gasteiger partial charge in [-0.15, -0.1) is 0 Å². The fourth-order valence-electron chi connectivity index (χ4n) is 1.48. The van der Waals surface area contributed by atoms with Crippen molar-refractivity contribution in [1.29, 1.82) is 0 Å². The van der Waals surface area contributed by atoms with Crippen molar-refractivity contribution in [2.75, 3.05) is 0 Å². The smallest absolute Gasteiger partial charge is 0.166 e. The lowest BCUT2D eigenvalue weighted by Crippen LogP contribution is -1.89. The van der Waals surface area contributed by atoms with Crippen molar-refractivity contribution in [3.05, 3.63) is 59.7 Å². The molecule has 0 aliphatic carbocycles. The molecule has 2 aromatic rings. The van der Waals surface area contributed by atoms with Crippen LogP contribution in [0.2, 0.25) is 0 Å². The molecule has 0 spiro atoms. The van der Waals surface area contributed by atoms with Crippen molar-refractivity contribution < 1.29 is 8.78 Å². The first kappa shape index (κ1) is 9.84. The number of halogens is 2. The van der Waals surface area contributed by atoms with E-state index in [1.165, 1.54) is 6.07 Å². The summed E-state index contributed by atoms with van der Waals surface area (Å²) in [7, 11) is 0. The summed E-state index contributed by atoms with van der Waals surface area (Å²) in [6.45, 7) is 1.86. The molecular formula is C13H9F2. The molecule has 0 saturated carbocycles. The predicted molar refractivity (Wildman–Crippen MR) is 55.4 cm³/mol. The van der Waals surface area contributed by atoms with Crippen LogP contribution in [0.25, 0.3) is 11.1 Å². The van der Waals surface area contributed by atoms with Gasteiger partial charge in [0.15, 0.2) is 11.6 Å². The number of rotatable bonds is 1. The first-order chi connectivity index (χ1) is 7.18. The molecule has 0 aliphatic rings. The van der Waals surface area contributed by atoms with Crippen molar-refractivity contribution >= 4 is 0 Å². The van der Waals surface area contributed by atoms with Crippen LogP contribution in [0.3, 0.4) is 0 Å². The zero-order valence-electron chi connectivity index (χ0n) is 8.22. The maximum absolute atomic E-state index is 13.4. The molecular weight excluding hydrogens is 194 g/mol. The van der Waals surface area contributed by atoms with Gasteiger partial charge in [0.1, 0.15) is 0 Å². The summed E-state index contributed by atoms with van der Waals surface area (Å²) in [5.74, 6) is -1.62. The molecule has 0 unspecified atom stereocenters. The second kappa shape index (κ2) is 3.81. The third kappa shape index (κ3) is 1.89. The van der Waals surface area contributed by atoms with Gasteiger partial charge in [-0.3, -0.25) is 0 Å². The van der Waals surface area contributed by atoms with Gasteiger partial charge in [-0.05, 0) is 30.2 Å². The highest BCUT2D eigenvalue weighted by atomic mass is 19.2. The maximum Gasteiger partial charge on any atom is 0.166 e. The van der Waals surface area contributed by atoms with Gasteiger partial charge in [0, 0.05) is 5.56 Å². The Balaban J connectivity index is 2.59. The second-order valence-electron chi connectivity index (χ2n) is 3.36. The predicted octanol–water partition coefficient (Wildman–Crippen LogP) is 3.74. The fraction of sp³-hybridized carbons (Fsp3) is 0.0769. The number of aryl methyl sites for hydroxylation is 1. The van der Waals surface area contributed by atoms with Crippen LogP contribution in [0.5, 0.6) is 0 Å². The van der Waals surface area contributed by atoms with Gasteiger partial charge < -0.3 is 0 Å². The summed E-state index contributed by atoms with van der Waals surface area (Å²) in [5.41, 5.74) is 1.85. The Morgan fingerprint density at radius 1 is 1.13 bits per heavy atom. The van der Waals surface area contributed by atoms with E-state index in [1.807, 2.05) is 6.92 Å². The number of hydrogen-bond donors (Lipinski definition) is 0. The molecule has 0 heterocycles. The van der Waals surface area contributed by atoms with Gasteiger partial charge in [0.2, 0.25) is 0 Å². The van der Waals surface area contributed by atoms with E-state index in [-0.39, 0.29) is 5.56 Å². The van der Waals surface area contributed by atoms with Gasteiger partial charge in [0.25, 0.3) is 0 Å². The molecule has 0 bridgehead atoms. The number of benzene rings is 2. The van der Waals surface area contributed by atoms with Crippen LogP contribution in [-0.2, 0) is 0 Å². The van der Waals surface area contributed by atoms with E-state index in [2.05, 4.69) is 6.07 Å². The minimum absolute atomic E-state index is 0.284. The average Bonchev–Trinajstić information content (AvgIpc) is 2.22. The molecule has 2 rings (SSSR count). The number of hydrogen-bond acceptors (Lipinski definition) is 0. The Kier molecular flexibility index (Phi) is 2.50. The monoisotopic (exact) mass is 203 g/mol. The van der Waals surface area contributed by atoms with Crippen LogP contribution >= 0.6 is 0 Å². The lowest BCUT2D eigenvalue weighted by molar-refractivity contribution is 0.511. The summed E-state index contributed by atoms with van der Waals surface area (Å²) >= 11 is 0. The van der Waals surface area contributed by atoms with Crippen molar-refractivity contribution in [2.24, 2.45) is 0 Å². The van der Waals surface area contributed by atoms with Crippen molar-refractivity contribution in [2.45, 2.75) is 6.92 Å². The Morgan fingerprint density at radius 3 is 2.67 bits per heavy atom. The fourth-order valence-corrected chi connectivity index (χ4v) is 1.48. The van der Waals surface area contributed by atoms with Crippen LogP contribution in [0, 0.1) is 24.6 Å². The Bertz CT molecular complexity index is 490. The molecule has 75 valence electrons. The van der Waals surface area contributed by atoms with E-state index in [0.717, 1.165) is 11.6 Å². The van der Waals surface area contributed by atoms with Crippen LogP contribution in [0.1, 0.15) is 5.56 Å². The van der Waals surface area contributed by atoms with E-state index < -0.39 is 11.6 Å². The zero-order chi connectivity index (χ0) is 10.8. The van der Waals surface area contributed by atoms with Crippen LogP contribution in [0.4, 0.5) is 8.78 Å². The van der Waals surface area contributed by atoms with E-state index in [1.54, 1.807) is 24.3 Å². The summed E-state index contributed by atoms with van der Waals surface area (Å²) in [4.78, 5) is 0. The minimum atomic E-state index is -0.821. The highest BCUT2D eigenvalue weighted by Gasteiger charge is 2.08. The SMILES string of the molecule is Cc1[c]ccc(-c2cccc(F)c2F)c1. The normalized spacial score (nSPS) is 10.3. The van der Waals surface area contributed by atoms with Gasteiger partial charge in [0.05, 0.1) is 0 Å². The largest absolute Gasteiger partial charge is 0.204 e. The summed E-state index contributed by atoms with van der Waals surface area (Å²) in [6.07, 6.45) is 0. The Hall–Kier alpha value is -1.70. The van der Waals surface area contributed by atoms with Crippen molar-refractivity contribution in [1.82, 2.24) is 0 Å². The van der Waals surface area contributed by atoms with Crippen LogP contribution < -0.4 is 0 Å². The van der Waals surface area contributed by atoms with Crippen molar-refractivity contribution in [3.8, 4) is 11.1 Å². The molecule has 0 aliphatic heterocycles. The van der Waals surface area contributed by atoms with E-state index >= 15 is 0 Å². The van der Waals surface area contributed by atoms with E-state index in [9.17, 15) is 8.78 Å². The molecule has 15 heavy (non-hydrogen) atoms. The molecule has 0 atom stereocenters. The third-order valence-electron chi connectivity index (χ3n) is 2.21. The van der Waals surface area contributed by atoms with E-state index in [4.69, 9.17) is 0 Å². The standard InChI is InChI=1S/C13H9F2/c1-9-4-2-5-10(8-9)11-6-3-7-12(14)13(11)15/h2-3,5-8H,1H3. The zero-order valence-corrected chi connectivity index (χ0v) is 8.22. The molecule has 0 aromatic heterocycles. The lowest BCUT2D eigenvalue weighted by atomic mass is 10.0. The quantitative estimate of drug-likeness (QED) is 0.662. The van der Waals surface area contributed by atoms with Crippen LogP contribution in [0.15, 0.2) is 36.4 Å².